The summed E-state index contributed by atoms with van der Waals surface area (Å²) in [7, 11) is 0. The van der Waals surface area contributed by atoms with Gasteiger partial charge in [-0.15, -0.1) is 22.7 Å². The molecule has 19 heavy (non-hydrogen) atoms. The van der Waals surface area contributed by atoms with E-state index in [4.69, 9.17) is 5.11 Å². The van der Waals surface area contributed by atoms with E-state index in [-0.39, 0.29) is 5.69 Å². The Labute approximate surface area is 117 Å². The third kappa shape index (κ3) is 3.94. The van der Waals surface area contributed by atoms with Crippen LogP contribution in [-0.4, -0.2) is 26.0 Å². The minimum atomic E-state index is -1.00. The lowest BCUT2D eigenvalue weighted by atomic mass is 10.5. The highest BCUT2D eigenvalue weighted by atomic mass is 32.1. The van der Waals surface area contributed by atoms with Crippen LogP contribution in [0.3, 0.4) is 0 Å². The van der Waals surface area contributed by atoms with Crippen molar-refractivity contribution < 1.29 is 9.90 Å². The monoisotopic (exact) mass is 291 g/mol. The van der Waals surface area contributed by atoms with Crippen molar-refractivity contribution in [2.75, 3.05) is 0 Å². The molecular weight excluding hydrogens is 282 g/mol. The summed E-state index contributed by atoms with van der Waals surface area (Å²) in [6.07, 6.45) is 5.17. The van der Waals surface area contributed by atoms with Crippen molar-refractivity contribution in [3.63, 3.8) is 0 Å². The van der Waals surface area contributed by atoms with E-state index in [9.17, 15) is 4.79 Å². The Morgan fingerprint density at radius 3 is 2.26 bits per heavy atom. The van der Waals surface area contributed by atoms with Gasteiger partial charge in [-0.05, 0) is 12.1 Å². The van der Waals surface area contributed by atoms with Gasteiger partial charge in [0, 0.05) is 29.4 Å². The molecule has 0 fully saturated rings. The average Bonchev–Trinajstić information content (AvgIpc) is 3.12. The second kappa shape index (κ2) is 6.72. The van der Waals surface area contributed by atoms with Gasteiger partial charge in [0.15, 0.2) is 15.7 Å². The zero-order valence-corrected chi connectivity index (χ0v) is 11.3. The van der Waals surface area contributed by atoms with Gasteiger partial charge in [-0.25, -0.2) is 14.8 Å². The number of aromatic nitrogens is 3. The highest BCUT2D eigenvalue weighted by molar-refractivity contribution is 7.19. The molecule has 7 heteroatoms. The van der Waals surface area contributed by atoms with Crippen LogP contribution in [0.2, 0.25) is 0 Å². The van der Waals surface area contributed by atoms with Crippen LogP contribution in [0.4, 0.5) is 0 Å². The summed E-state index contributed by atoms with van der Waals surface area (Å²) in [5.74, 6) is -1.00. The molecule has 0 radical (unpaired) electrons. The van der Waals surface area contributed by atoms with Crippen LogP contribution in [0.1, 0.15) is 10.5 Å². The molecule has 0 aliphatic carbocycles. The topological polar surface area (TPSA) is 76.0 Å². The molecule has 0 aromatic carbocycles. The van der Waals surface area contributed by atoms with Crippen LogP contribution in [0.25, 0.3) is 10.0 Å². The maximum absolute atomic E-state index is 10.5. The van der Waals surface area contributed by atoms with Gasteiger partial charge in [0.05, 0.1) is 0 Å². The maximum atomic E-state index is 10.5. The number of nitrogens with zero attached hydrogens (tertiary/aromatic N) is 3. The Bertz CT molecular complexity index is 597. The van der Waals surface area contributed by atoms with Gasteiger partial charge in [-0.2, -0.15) is 0 Å². The molecule has 0 bridgehead atoms. The minimum Gasteiger partial charge on any atom is -0.476 e. The van der Waals surface area contributed by atoms with E-state index < -0.39 is 5.97 Å². The smallest absolute Gasteiger partial charge is 0.355 e. The fourth-order valence-electron chi connectivity index (χ4n) is 1.11. The molecule has 3 aromatic rings. The standard InChI is InChI=1S/C7H4N2O2S2.C5H5N/c10-7(11)4-3-13-6(9-4)5-8-1-2-12-5;1-2-4-6-5-3-1/h1-3H,(H,10,11);1-5H. The summed E-state index contributed by atoms with van der Waals surface area (Å²) in [5, 5.41) is 13.4. The van der Waals surface area contributed by atoms with Crippen LogP contribution < -0.4 is 0 Å². The van der Waals surface area contributed by atoms with E-state index in [1.807, 2.05) is 23.6 Å². The zero-order chi connectivity index (χ0) is 13.5. The largest absolute Gasteiger partial charge is 0.476 e. The molecule has 3 heterocycles. The van der Waals surface area contributed by atoms with Gasteiger partial charge >= 0.3 is 5.97 Å². The summed E-state index contributed by atoms with van der Waals surface area (Å²) in [6.45, 7) is 0. The highest BCUT2D eigenvalue weighted by Crippen LogP contribution is 2.25. The number of hydrogen-bond acceptors (Lipinski definition) is 6. The molecule has 3 rings (SSSR count). The number of carbonyl (C=O) groups is 1. The minimum absolute atomic E-state index is 0.0789. The number of aromatic carboxylic acids is 1. The molecule has 5 nitrogen and oxygen atoms in total. The molecule has 3 aromatic heterocycles. The second-order valence-corrected chi connectivity index (χ2v) is 4.96. The first-order valence-corrected chi connectivity index (χ1v) is 6.97. The molecule has 0 aliphatic rings. The Morgan fingerprint density at radius 2 is 1.84 bits per heavy atom. The SMILES string of the molecule is O=C(O)c1csc(-c2nccs2)n1.c1ccncc1. The lowest BCUT2D eigenvalue weighted by molar-refractivity contribution is 0.0691. The quantitative estimate of drug-likeness (QED) is 0.785. The first-order chi connectivity index (χ1) is 9.27. The van der Waals surface area contributed by atoms with Crippen molar-refractivity contribution in [1.82, 2.24) is 15.0 Å². The molecule has 0 unspecified atom stereocenters. The van der Waals surface area contributed by atoms with Crippen molar-refractivity contribution in [2.45, 2.75) is 0 Å². The van der Waals surface area contributed by atoms with Crippen LogP contribution in [0.15, 0.2) is 47.5 Å². The first-order valence-electron chi connectivity index (χ1n) is 5.21. The van der Waals surface area contributed by atoms with Gasteiger partial charge in [-0.3, -0.25) is 4.98 Å². The lowest BCUT2D eigenvalue weighted by Gasteiger charge is -1.84. The number of carboxylic acid groups (broad SMARTS) is 1. The van der Waals surface area contributed by atoms with Gasteiger partial charge in [0.25, 0.3) is 0 Å². The van der Waals surface area contributed by atoms with E-state index >= 15 is 0 Å². The van der Waals surface area contributed by atoms with Gasteiger partial charge in [-0.1, -0.05) is 6.07 Å². The zero-order valence-electron chi connectivity index (χ0n) is 9.63. The van der Waals surface area contributed by atoms with Crippen molar-refractivity contribution >= 4 is 28.6 Å². The van der Waals surface area contributed by atoms with Crippen molar-refractivity contribution in [3.8, 4) is 10.0 Å². The lowest BCUT2D eigenvalue weighted by Crippen LogP contribution is -1.95. The van der Waals surface area contributed by atoms with Gasteiger partial charge < -0.3 is 5.11 Å². The Kier molecular flexibility index (Phi) is 4.71. The predicted octanol–water partition coefficient (Wildman–Crippen LogP) is 3.05. The fourth-order valence-corrected chi connectivity index (χ4v) is 2.60. The molecule has 1 N–H and O–H groups in total. The molecular formula is C12H9N3O2S2. The summed E-state index contributed by atoms with van der Waals surface area (Å²) >= 11 is 2.74. The number of hydrogen-bond donors (Lipinski definition) is 1. The summed E-state index contributed by atoms with van der Waals surface area (Å²) in [6, 6.07) is 5.72. The summed E-state index contributed by atoms with van der Waals surface area (Å²) in [5.41, 5.74) is 0.0789. The third-order valence-electron chi connectivity index (χ3n) is 1.91. The number of pyridine rings is 1. The van der Waals surface area contributed by atoms with Crippen molar-refractivity contribution in [1.29, 1.82) is 0 Å². The molecule has 0 aliphatic heterocycles. The molecule has 96 valence electrons. The molecule has 0 spiro atoms. The summed E-state index contributed by atoms with van der Waals surface area (Å²) < 4.78 is 0. The van der Waals surface area contributed by atoms with Gasteiger partial charge in [0.2, 0.25) is 0 Å². The van der Waals surface area contributed by atoms with Crippen LogP contribution in [0.5, 0.6) is 0 Å². The Morgan fingerprint density at radius 1 is 1.05 bits per heavy atom. The van der Waals surface area contributed by atoms with Crippen LogP contribution >= 0.6 is 22.7 Å². The fraction of sp³-hybridized carbons (Fsp3) is 0. The van der Waals surface area contributed by atoms with Crippen molar-refractivity contribution in [3.05, 3.63) is 53.2 Å². The molecule has 0 amide bonds. The van der Waals surface area contributed by atoms with E-state index in [2.05, 4.69) is 15.0 Å². The first kappa shape index (κ1) is 13.3. The Hall–Kier alpha value is -2.12. The van der Waals surface area contributed by atoms with E-state index in [0.717, 1.165) is 5.01 Å². The highest BCUT2D eigenvalue weighted by Gasteiger charge is 2.10. The molecule has 0 saturated carbocycles. The van der Waals surface area contributed by atoms with Crippen LogP contribution in [-0.2, 0) is 0 Å². The maximum Gasteiger partial charge on any atom is 0.355 e. The summed E-state index contributed by atoms with van der Waals surface area (Å²) in [4.78, 5) is 22.2. The number of carboxylic acids is 1. The number of thiazole rings is 2. The van der Waals surface area contributed by atoms with E-state index in [0.29, 0.717) is 5.01 Å². The molecule has 0 saturated heterocycles. The van der Waals surface area contributed by atoms with Crippen molar-refractivity contribution in [2.24, 2.45) is 0 Å². The van der Waals surface area contributed by atoms with E-state index in [1.54, 1.807) is 18.6 Å². The second-order valence-electron chi connectivity index (χ2n) is 3.20. The average molecular weight is 291 g/mol. The molecule has 0 atom stereocenters. The van der Waals surface area contributed by atoms with E-state index in [1.165, 1.54) is 28.1 Å². The predicted molar refractivity (Wildman–Crippen MR) is 74.4 cm³/mol. The van der Waals surface area contributed by atoms with Gasteiger partial charge in [0.1, 0.15) is 0 Å². The Balaban J connectivity index is 0.000000186. The van der Waals surface area contributed by atoms with Crippen LogP contribution in [0, 0.1) is 0 Å². The third-order valence-corrected chi connectivity index (χ3v) is 3.66. The number of rotatable bonds is 2. The normalized spacial score (nSPS) is 9.47.